The summed E-state index contributed by atoms with van der Waals surface area (Å²) in [6.07, 6.45) is 5.80. The lowest BCUT2D eigenvalue weighted by atomic mass is 10.2. The van der Waals surface area contributed by atoms with Gasteiger partial charge in [0.05, 0.1) is 0 Å². The Bertz CT molecular complexity index is 692. The summed E-state index contributed by atoms with van der Waals surface area (Å²) in [5.74, 6) is 0. The van der Waals surface area contributed by atoms with Gasteiger partial charge in [-0.3, -0.25) is 0 Å². The molecule has 0 spiro atoms. The first-order valence-electron chi connectivity index (χ1n) is 11.1. The average molecular weight is 427 g/mol. The molecule has 30 heavy (non-hydrogen) atoms. The van der Waals surface area contributed by atoms with Crippen LogP contribution < -0.4 is 10.4 Å². The average Bonchev–Trinajstić information content (AvgIpc) is 2.74. The van der Waals surface area contributed by atoms with E-state index in [-0.39, 0.29) is 11.3 Å². The number of ether oxygens (including phenoxy) is 2. The second-order valence-electron chi connectivity index (χ2n) is 8.35. The van der Waals surface area contributed by atoms with Gasteiger partial charge in [-0.05, 0) is 35.7 Å². The summed E-state index contributed by atoms with van der Waals surface area (Å²) in [4.78, 5) is 0. The van der Waals surface area contributed by atoms with Crippen molar-refractivity contribution in [3.8, 4) is 0 Å². The van der Waals surface area contributed by atoms with Crippen LogP contribution >= 0.6 is 0 Å². The first-order chi connectivity index (χ1) is 14.5. The molecule has 3 nitrogen and oxygen atoms in total. The third kappa shape index (κ3) is 6.39. The van der Waals surface area contributed by atoms with Gasteiger partial charge in [0, 0.05) is 26.2 Å². The third-order valence-corrected chi connectivity index (χ3v) is 10.3. The van der Waals surface area contributed by atoms with Gasteiger partial charge in [-0.2, -0.15) is 0 Å². The second-order valence-corrected chi connectivity index (χ2v) is 12.7. The van der Waals surface area contributed by atoms with Gasteiger partial charge < -0.3 is 13.9 Å². The Morgan fingerprint density at radius 3 is 1.73 bits per heavy atom. The fourth-order valence-corrected chi connectivity index (χ4v) is 8.50. The molecule has 0 aromatic heterocycles. The predicted octanol–water partition coefficient (Wildman–Crippen LogP) is 5.30. The number of rotatable bonds is 12. The van der Waals surface area contributed by atoms with Crippen LogP contribution in [0.2, 0.25) is 5.04 Å². The van der Waals surface area contributed by atoms with Crippen molar-refractivity contribution in [2.45, 2.75) is 58.8 Å². The van der Waals surface area contributed by atoms with Gasteiger partial charge in [0.2, 0.25) is 0 Å². The van der Waals surface area contributed by atoms with E-state index in [1.807, 2.05) is 13.8 Å². The zero-order chi connectivity index (χ0) is 21.9. The van der Waals surface area contributed by atoms with Crippen molar-refractivity contribution in [1.82, 2.24) is 0 Å². The lowest BCUT2D eigenvalue weighted by molar-refractivity contribution is -0.133. The molecule has 0 saturated carbocycles. The van der Waals surface area contributed by atoms with Crippen molar-refractivity contribution in [3.63, 3.8) is 0 Å². The van der Waals surface area contributed by atoms with E-state index in [4.69, 9.17) is 13.9 Å². The van der Waals surface area contributed by atoms with E-state index in [1.165, 1.54) is 10.4 Å². The Morgan fingerprint density at radius 1 is 0.800 bits per heavy atom. The van der Waals surface area contributed by atoms with Crippen LogP contribution in [0.5, 0.6) is 0 Å². The molecule has 0 bridgehead atoms. The van der Waals surface area contributed by atoms with E-state index in [0.717, 1.165) is 12.8 Å². The van der Waals surface area contributed by atoms with Gasteiger partial charge in [-0.15, -0.1) is 0 Å². The minimum atomic E-state index is -2.44. The summed E-state index contributed by atoms with van der Waals surface area (Å²) in [7, 11) is -2.44. The zero-order valence-electron chi connectivity index (χ0n) is 19.3. The first-order valence-corrected chi connectivity index (χ1v) is 13.0. The maximum absolute atomic E-state index is 6.89. The summed E-state index contributed by atoms with van der Waals surface area (Å²) < 4.78 is 18.1. The highest BCUT2D eigenvalue weighted by atomic mass is 28.4. The van der Waals surface area contributed by atoms with Crippen LogP contribution in [0.25, 0.3) is 0 Å². The molecular weight excluding hydrogens is 388 g/mol. The molecule has 0 aliphatic carbocycles. The van der Waals surface area contributed by atoms with Crippen LogP contribution in [0.1, 0.15) is 47.5 Å². The minimum Gasteiger partial charge on any atom is -0.407 e. The lowest BCUT2D eigenvalue weighted by Gasteiger charge is -2.43. The number of benzene rings is 2. The summed E-state index contributed by atoms with van der Waals surface area (Å²) in [6.45, 7) is 12.9. The van der Waals surface area contributed by atoms with Gasteiger partial charge in [0.1, 0.15) is 0 Å². The SMILES string of the molecule is CCOC(C/C=C\CCO[Si](c1ccccc1)(c1ccccc1)C(C)(C)C)OCC. The van der Waals surface area contributed by atoms with Crippen LogP contribution in [0, 0.1) is 0 Å². The quantitative estimate of drug-likeness (QED) is 0.199. The van der Waals surface area contributed by atoms with E-state index >= 15 is 0 Å². The fraction of sp³-hybridized carbons (Fsp3) is 0.462. The molecule has 2 aromatic rings. The normalized spacial score (nSPS) is 12.7. The topological polar surface area (TPSA) is 27.7 Å². The van der Waals surface area contributed by atoms with Crippen LogP contribution in [0.3, 0.4) is 0 Å². The van der Waals surface area contributed by atoms with Gasteiger partial charge in [0.15, 0.2) is 6.29 Å². The molecule has 0 aliphatic rings. The summed E-state index contributed by atoms with van der Waals surface area (Å²) >= 11 is 0. The van der Waals surface area contributed by atoms with Crippen molar-refractivity contribution in [2.75, 3.05) is 19.8 Å². The van der Waals surface area contributed by atoms with E-state index in [0.29, 0.717) is 19.8 Å². The Labute approximate surface area is 184 Å². The van der Waals surface area contributed by atoms with Crippen LogP contribution in [0.15, 0.2) is 72.8 Å². The maximum atomic E-state index is 6.89. The Balaban J connectivity index is 2.16. The minimum absolute atomic E-state index is 0.00838. The zero-order valence-corrected chi connectivity index (χ0v) is 20.3. The molecule has 164 valence electrons. The van der Waals surface area contributed by atoms with Crippen molar-refractivity contribution in [2.24, 2.45) is 0 Å². The molecule has 0 N–H and O–H groups in total. The fourth-order valence-electron chi connectivity index (χ4n) is 3.92. The third-order valence-electron chi connectivity index (χ3n) is 5.22. The molecule has 0 unspecified atom stereocenters. The van der Waals surface area contributed by atoms with Gasteiger partial charge >= 0.3 is 0 Å². The largest absolute Gasteiger partial charge is 0.407 e. The summed E-state index contributed by atoms with van der Waals surface area (Å²) in [5.41, 5.74) is 0. The van der Waals surface area contributed by atoms with Crippen molar-refractivity contribution in [1.29, 1.82) is 0 Å². The van der Waals surface area contributed by atoms with Crippen molar-refractivity contribution in [3.05, 3.63) is 72.8 Å². The van der Waals surface area contributed by atoms with Gasteiger partial charge in [-0.25, -0.2) is 0 Å². The van der Waals surface area contributed by atoms with Gasteiger partial charge in [0.25, 0.3) is 8.32 Å². The van der Waals surface area contributed by atoms with Crippen LogP contribution in [-0.2, 0) is 13.9 Å². The summed E-state index contributed by atoms with van der Waals surface area (Å²) in [6, 6.07) is 21.6. The smallest absolute Gasteiger partial charge is 0.261 e. The molecule has 4 heteroatoms. The van der Waals surface area contributed by atoms with Gasteiger partial charge in [-0.1, -0.05) is 93.6 Å². The highest BCUT2D eigenvalue weighted by Crippen LogP contribution is 2.36. The Morgan fingerprint density at radius 2 is 1.30 bits per heavy atom. The molecule has 0 amide bonds. The molecule has 2 aromatic carbocycles. The van der Waals surface area contributed by atoms with E-state index in [1.54, 1.807) is 0 Å². The number of hydrogen-bond acceptors (Lipinski definition) is 3. The predicted molar refractivity (Wildman–Crippen MR) is 129 cm³/mol. The molecule has 0 fully saturated rings. The van der Waals surface area contributed by atoms with Crippen molar-refractivity contribution < 1.29 is 13.9 Å². The standard InChI is InChI=1S/C26H38O3Si/c1-6-27-25(28-7-2)21-15-10-16-22-29-30(26(3,4)5,23-17-11-8-12-18-23)24-19-13-9-14-20-24/h8-15,17-20,25H,6-7,16,21-22H2,1-5H3/b15-10-. The van der Waals surface area contributed by atoms with E-state index < -0.39 is 8.32 Å². The Hall–Kier alpha value is -1.72. The monoisotopic (exact) mass is 426 g/mol. The molecule has 0 radical (unpaired) electrons. The van der Waals surface area contributed by atoms with Crippen LogP contribution in [0.4, 0.5) is 0 Å². The number of hydrogen-bond donors (Lipinski definition) is 0. The molecule has 2 rings (SSSR count). The lowest BCUT2D eigenvalue weighted by Crippen LogP contribution is -2.66. The molecule has 0 heterocycles. The highest BCUT2D eigenvalue weighted by Gasteiger charge is 2.49. The maximum Gasteiger partial charge on any atom is 0.261 e. The molecule has 0 aliphatic heterocycles. The summed E-state index contributed by atoms with van der Waals surface area (Å²) in [5, 5.41) is 2.65. The Kier molecular flexibility index (Phi) is 9.99. The molecular formula is C26H38O3Si. The van der Waals surface area contributed by atoms with Crippen LogP contribution in [-0.4, -0.2) is 34.4 Å². The van der Waals surface area contributed by atoms with Crippen molar-refractivity contribution >= 4 is 18.7 Å². The molecule has 0 saturated heterocycles. The first kappa shape index (κ1) is 24.5. The highest BCUT2D eigenvalue weighted by molar-refractivity contribution is 6.99. The van der Waals surface area contributed by atoms with E-state index in [2.05, 4.69) is 93.6 Å². The second kappa shape index (κ2) is 12.2. The van der Waals surface area contributed by atoms with E-state index in [9.17, 15) is 0 Å². The molecule has 0 atom stereocenters.